The molecule has 27 heavy (non-hydrogen) atoms. The molecule has 0 rings (SSSR count). The first kappa shape index (κ1) is 26.1. The molecule has 0 radical (unpaired) electrons. The average Bonchev–Trinajstić information content (AvgIpc) is 2.68. The predicted molar refractivity (Wildman–Crippen MR) is 115 cm³/mol. The van der Waals surface area contributed by atoms with E-state index in [0.717, 1.165) is 25.5 Å². The molecule has 0 saturated carbocycles. The van der Waals surface area contributed by atoms with Crippen LogP contribution in [0.4, 0.5) is 0 Å². The molecule has 0 aromatic carbocycles. The fourth-order valence-corrected chi connectivity index (χ4v) is 3.41. The summed E-state index contributed by atoms with van der Waals surface area (Å²) < 4.78 is 5.27. The first-order chi connectivity index (χ1) is 13.2. The van der Waals surface area contributed by atoms with Crippen molar-refractivity contribution in [2.45, 2.75) is 129 Å². The monoisotopic (exact) mass is 382 g/mol. The Hall–Kier alpha value is -0.860. The average molecular weight is 383 g/mol. The van der Waals surface area contributed by atoms with Crippen molar-refractivity contribution < 1.29 is 14.3 Å². The van der Waals surface area contributed by atoms with E-state index in [1.807, 2.05) is 6.92 Å². The van der Waals surface area contributed by atoms with Gasteiger partial charge in [-0.15, -0.1) is 0 Å². The molecule has 0 fully saturated rings. The van der Waals surface area contributed by atoms with E-state index in [4.69, 9.17) is 4.74 Å². The van der Waals surface area contributed by atoms with E-state index >= 15 is 0 Å². The lowest BCUT2D eigenvalue weighted by Gasteiger charge is -2.11. The van der Waals surface area contributed by atoms with Crippen LogP contribution in [0.1, 0.15) is 129 Å². The standard InChI is InChI=1S/C24H46O3/c1-3-5-6-7-8-9-10-11-12-13-14-15-16-17-18-19-24(26)27-22-23(4-2)20-21-25/h21,23H,3-20,22H2,1-2H3. The molecule has 0 aliphatic carbocycles. The number of ether oxygens (including phenoxy) is 1. The van der Waals surface area contributed by atoms with Crippen molar-refractivity contribution in [1.29, 1.82) is 0 Å². The third-order valence-corrected chi connectivity index (χ3v) is 5.47. The second-order valence-corrected chi connectivity index (χ2v) is 8.06. The van der Waals surface area contributed by atoms with Gasteiger partial charge >= 0.3 is 5.97 Å². The molecule has 1 atom stereocenters. The summed E-state index contributed by atoms with van der Waals surface area (Å²) in [7, 11) is 0. The van der Waals surface area contributed by atoms with Crippen molar-refractivity contribution in [3.63, 3.8) is 0 Å². The molecule has 0 spiro atoms. The number of rotatable bonds is 21. The van der Waals surface area contributed by atoms with E-state index in [1.165, 1.54) is 83.5 Å². The molecule has 0 heterocycles. The number of hydrogen-bond acceptors (Lipinski definition) is 3. The Balaban J connectivity index is 3.24. The van der Waals surface area contributed by atoms with Crippen molar-refractivity contribution >= 4 is 12.3 Å². The van der Waals surface area contributed by atoms with E-state index in [-0.39, 0.29) is 11.9 Å². The molecule has 160 valence electrons. The zero-order chi connectivity index (χ0) is 20.0. The maximum Gasteiger partial charge on any atom is 0.305 e. The Morgan fingerprint density at radius 3 is 1.59 bits per heavy atom. The smallest absolute Gasteiger partial charge is 0.305 e. The van der Waals surface area contributed by atoms with Gasteiger partial charge in [-0.1, -0.05) is 104 Å². The molecule has 0 bridgehead atoms. The third kappa shape index (κ3) is 19.7. The predicted octanol–water partition coefficient (Wildman–Crippen LogP) is 7.41. The van der Waals surface area contributed by atoms with Gasteiger partial charge in [0.2, 0.25) is 0 Å². The summed E-state index contributed by atoms with van der Waals surface area (Å²) in [6.07, 6.45) is 22.8. The van der Waals surface area contributed by atoms with Crippen molar-refractivity contribution in [1.82, 2.24) is 0 Å². The SMILES string of the molecule is CCCCCCCCCCCCCCCCCC(=O)OCC(CC)CC=O. The van der Waals surface area contributed by atoms with Gasteiger partial charge in [0.1, 0.15) is 6.29 Å². The molecule has 0 saturated heterocycles. The van der Waals surface area contributed by atoms with Gasteiger partial charge in [-0.3, -0.25) is 4.79 Å². The lowest BCUT2D eigenvalue weighted by molar-refractivity contribution is -0.145. The fraction of sp³-hybridized carbons (Fsp3) is 0.917. The van der Waals surface area contributed by atoms with Crippen LogP contribution in [0.25, 0.3) is 0 Å². The molecule has 3 nitrogen and oxygen atoms in total. The fourth-order valence-electron chi connectivity index (χ4n) is 3.41. The lowest BCUT2D eigenvalue weighted by atomic mass is 10.0. The van der Waals surface area contributed by atoms with Gasteiger partial charge in [0.05, 0.1) is 6.61 Å². The minimum atomic E-state index is -0.103. The van der Waals surface area contributed by atoms with Crippen molar-refractivity contribution in [2.75, 3.05) is 6.61 Å². The van der Waals surface area contributed by atoms with Crippen LogP contribution in [0, 0.1) is 5.92 Å². The van der Waals surface area contributed by atoms with Crippen LogP contribution in [-0.4, -0.2) is 18.9 Å². The number of carbonyl (C=O) groups excluding carboxylic acids is 2. The van der Waals surface area contributed by atoms with Crippen molar-refractivity contribution in [2.24, 2.45) is 5.92 Å². The van der Waals surface area contributed by atoms with Crippen LogP contribution in [0.2, 0.25) is 0 Å². The van der Waals surface area contributed by atoms with E-state index < -0.39 is 0 Å². The largest absolute Gasteiger partial charge is 0.465 e. The molecule has 0 aliphatic rings. The number of hydrogen-bond donors (Lipinski definition) is 0. The van der Waals surface area contributed by atoms with Gasteiger partial charge in [0.15, 0.2) is 0 Å². The first-order valence-electron chi connectivity index (χ1n) is 11.8. The van der Waals surface area contributed by atoms with Crippen LogP contribution in [-0.2, 0) is 14.3 Å². The molecule has 0 N–H and O–H groups in total. The van der Waals surface area contributed by atoms with Gasteiger partial charge < -0.3 is 9.53 Å². The molecule has 1 unspecified atom stereocenters. The minimum Gasteiger partial charge on any atom is -0.465 e. The Kier molecular flexibility index (Phi) is 20.8. The zero-order valence-electron chi connectivity index (χ0n) is 18.3. The van der Waals surface area contributed by atoms with Crippen LogP contribution in [0.15, 0.2) is 0 Å². The summed E-state index contributed by atoms with van der Waals surface area (Å²) in [5.74, 6) is 0.0848. The highest BCUT2D eigenvalue weighted by atomic mass is 16.5. The summed E-state index contributed by atoms with van der Waals surface area (Å²) in [4.78, 5) is 22.2. The highest BCUT2D eigenvalue weighted by Gasteiger charge is 2.09. The van der Waals surface area contributed by atoms with Crippen LogP contribution >= 0.6 is 0 Å². The maximum absolute atomic E-state index is 11.7. The highest BCUT2D eigenvalue weighted by molar-refractivity contribution is 5.69. The second-order valence-electron chi connectivity index (χ2n) is 8.06. The summed E-state index contributed by atoms with van der Waals surface area (Å²) >= 11 is 0. The lowest BCUT2D eigenvalue weighted by Crippen LogP contribution is -2.14. The molecular weight excluding hydrogens is 336 g/mol. The Morgan fingerprint density at radius 2 is 1.19 bits per heavy atom. The van der Waals surface area contributed by atoms with Gasteiger partial charge in [-0.05, 0) is 18.8 Å². The van der Waals surface area contributed by atoms with Gasteiger partial charge in [-0.2, -0.15) is 0 Å². The molecular formula is C24H46O3. The minimum absolute atomic E-state index is 0.103. The highest BCUT2D eigenvalue weighted by Crippen LogP contribution is 2.14. The quantitative estimate of drug-likeness (QED) is 0.118. The normalized spacial score (nSPS) is 12.1. The number of unbranched alkanes of at least 4 members (excludes halogenated alkanes) is 14. The van der Waals surface area contributed by atoms with Gasteiger partial charge in [0.25, 0.3) is 0 Å². The zero-order valence-corrected chi connectivity index (χ0v) is 18.3. The Bertz CT molecular complexity index is 328. The van der Waals surface area contributed by atoms with E-state index in [9.17, 15) is 9.59 Å². The first-order valence-corrected chi connectivity index (χ1v) is 11.8. The summed E-state index contributed by atoms with van der Waals surface area (Å²) in [5.41, 5.74) is 0. The summed E-state index contributed by atoms with van der Waals surface area (Å²) in [6.45, 7) is 4.69. The Morgan fingerprint density at radius 1 is 0.741 bits per heavy atom. The summed E-state index contributed by atoms with van der Waals surface area (Å²) in [5, 5.41) is 0. The topological polar surface area (TPSA) is 43.4 Å². The molecule has 3 heteroatoms. The number of aldehydes is 1. The second kappa shape index (κ2) is 21.4. The maximum atomic E-state index is 11.7. The van der Waals surface area contributed by atoms with E-state index in [0.29, 0.717) is 19.4 Å². The van der Waals surface area contributed by atoms with Gasteiger partial charge in [0, 0.05) is 12.8 Å². The van der Waals surface area contributed by atoms with Crippen molar-refractivity contribution in [3.8, 4) is 0 Å². The van der Waals surface area contributed by atoms with Crippen LogP contribution in [0.5, 0.6) is 0 Å². The van der Waals surface area contributed by atoms with Crippen LogP contribution < -0.4 is 0 Å². The Labute approximate surface area is 169 Å². The third-order valence-electron chi connectivity index (χ3n) is 5.47. The van der Waals surface area contributed by atoms with Crippen molar-refractivity contribution in [3.05, 3.63) is 0 Å². The molecule has 0 aliphatic heterocycles. The number of esters is 1. The van der Waals surface area contributed by atoms with E-state index in [1.54, 1.807) is 0 Å². The van der Waals surface area contributed by atoms with Gasteiger partial charge in [-0.25, -0.2) is 0 Å². The van der Waals surface area contributed by atoms with E-state index in [2.05, 4.69) is 6.92 Å². The molecule has 0 amide bonds. The molecule has 0 aromatic heterocycles. The molecule has 0 aromatic rings. The summed E-state index contributed by atoms with van der Waals surface area (Å²) in [6, 6.07) is 0. The number of carbonyl (C=O) groups is 2. The van der Waals surface area contributed by atoms with Crippen LogP contribution in [0.3, 0.4) is 0 Å².